The number of carbonyl (C=O) groups excluding carboxylic acids is 1. The summed E-state index contributed by atoms with van der Waals surface area (Å²) in [5, 5.41) is 7.09. The predicted molar refractivity (Wildman–Crippen MR) is 110 cm³/mol. The minimum absolute atomic E-state index is 0.0795. The van der Waals surface area contributed by atoms with E-state index in [9.17, 15) is 26.7 Å². The fourth-order valence-electron chi connectivity index (χ4n) is 3.28. The van der Waals surface area contributed by atoms with E-state index in [1.807, 2.05) is 0 Å². The van der Waals surface area contributed by atoms with Gasteiger partial charge in [0.2, 0.25) is 0 Å². The number of hydrogen-bond acceptors (Lipinski definition) is 4. The summed E-state index contributed by atoms with van der Waals surface area (Å²) in [6.07, 6.45) is -0.305. The zero-order valence-electron chi connectivity index (χ0n) is 16.7. The van der Waals surface area contributed by atoms with Crippen LogP contribution in [0.25, 0.3) is 22.0 Å². The molecule has 0 unspecified atom stereocenters. The number of amides is 1. The van der Waals surface area contributed by atoms with Gasteiger partial charge in [-0.25, -0.2) is 0 Å². The number of alkyl halides is 5. The van der Waals surface area contributed by atoms with Gasteiger partial charge in [0.15, 0.2) is 0 Å². The van der Waals surface area contributed by atoms with Gasteiger partial charge in [-0.2, -0.15) is 27.1 Å². The van der Waals surface area contributed by atoms with Gasteiger partial charge in [-0.05, 0) is 42.0 Å². The highest BCUT2D eigenvalue weighted by Crippen LogP contribution is 2.31. The molecule has 0 aliphatic heterocycles. The second-order valence-electron chi connectivity index (χ2n) is 6.96. The van der Waals surface area contributed by atoms with Crippen molar-refractivity contribution in [2.24, 2.45) is 0 Å². The van der Waals surface area contributed by atoms with Crippen LogP contribution in [0.2, 0.25) is 0 Å². The van der Waals surface area contributed by atoms with E-state index in [0.717, 1.165) is 4.68 Å². The van der Waals surface area contributed by atoms with Crippen LogP contribution in [0.4, 0.5) is 27.6 Å². The molecule has 0 saturated carbocycles. The number of halogens is 5. The molecule has 2 aromatic heterocycles. The van der Waals surface area contributed by atoms with Crippen molar-refractivity contribution in [2.45, 2.75) is 19.3 Å². The molecule has 0 spiro atoms. The van der Waals surface area contributed by atoms with E-state index in [1.54, 1.807) is 24.3 Å². The van der Waals surface area contributed by atoms with E-state index in [0.29, 0.717) is 27.7 Å². The van der Waals surface area contributed by atoms with Crippen LogP contribution in [0.5, 0.6) is 5.75 Å². The number of carbonyl (C=O) groups is 1. The number of fused-ring (bicyclic) bond motifs is 1. The number of ether oxygens (including phenoxy) is 1. The quantitative estimate of drug-likeness (QED) is 0.384. The molecule has 4 aromatic rings. The highest BCUT2D eigenvalue weighted by molar-refractivity contribution is 6.10. The van der Waals surface area contributed by atoms with Crippen molar-refractivity contribution < 1.29 is 31.5 Å². The van der Waals surface area contributed by atoms with Crippen molar-refractivity contribution in [1.82, 2.24) is 14.8 Å². The van der Waals surface area contributed by atoms with Gasteiger partial charge in [-0.3, -0.25) is 14.5 Å². The first-order valence-electron chi connectivity index (χ1n) is 9.53. The van der Waals surface area contributed by atoms with Crippen LogP contribution < -0.4 is 10.1 Å². The summed E-state index contributed by atoms with van der Waals surface area (Å²) in [6, 6.07) is 11.8. The molecule has 0 atom stereocenters. The summed E-state index contributed by atoms with van der Waals surface area (Å²) in [5.41, 5.74) is 2.06. The summed E-state index contributed by atoms with van der Waals surface area (Å²) in [5.74, 6) is -0.583. The Hall–Kier alpha value is -4.02. The lowest BCUT2D eigenvalue weighted by Gasteiger charge is -2.11. The Kier molecular flexibility index (Phi) is 5.95. The van der Waals surface area contributed by atoms with Gasteiger partial charge in [-0.15, -0.1) is 0 Å². The van der Waals surface area contributed by atoms with Crippen molar-refractivity contribution in [2.75, 3.05) is 5.32 Å². The number of para-hydroxylation sites is 1. The van der Waals surface area contributed by atoms with Gasteiger partial charge in [0.05, 0.1) is 17.4 Å². The number of nitrogens with zero attached hydrogens (tertiary/aromatic N) is 3. The molecular formula is C22H15F5N4O2. The smallest absolute Gasteiger partial charge is 0.408 e. The third-order valence-corrected chi connectivity index (χ3v) is 4.65. The number of benzene rings is 2. The van der Waals surface area contributed by atoms with Gasteiger partial charge in [0.25, 0.3) is 5.91 Å². The summed E-state index contributed by atoms with van der Waals surface area (Å²) < 4.78 is 67.6. The molecule has 1 amide bonds. The second-order valence-corrected chi connectivity index (χ2v) is 6.96. The fourth-order valence-corrected chi connectivity index (χ4v) is 3.28. The molecule has 0 aliphatic carbocycles. The maximum atomic E-state index is 12.6. The van der Waals surface area contributed by atoms with Crippen molar-refractivity contribution >= 4 is 22.5 Å². The molecule has 4 rings (SSSR count). The molecule has 0 aliphatic rings. The van der Waals surface area contributed by atoms with E-state index in [-0.39, 0.29) is 11.3 Å². The predicted octanol–water partition coefficient (Wildman–Crippen LogP) is 5.51. The summed E-state index contributed by atoms with van der Waals surface area (Å²) in [7, 11) is 0. The highest BCUT2D eigenvalue weighted by atomic mass is 19.4. The van der Waals surface area contributed by atoms with Gasteiger partial charge in [0.1, 0.15) is 12.3 Å². The van der Waals surface area contributed by atoms with Crippen LogP contribution in [0.3, 0.4) is 0 Å². The van der Waals surface area contributed by atoms with Crippen molar-refractivity contribution in [3.05, 3.63) is 72.7 Å². The van der Waals surface area contributed by atoms with Gasteiger partial charge < -0.3 is 10.1 Å². The number of aromatic nitrogens is 3. The van der Waals surface area contributed by atoms with Crippen LogP contribution >= 0.6 is 0 Å². The Labute approximate surface area is 183 Å². The van der Waals surface area contributed by atoms with E-state index in [1.165, 1.54) is 42.9 Å². The largest absolute Gasteiger partial charge is 0.435 e. The third-order valence-electron chi connectivity index (χ3n) is 4.65. The van der Waals surface area contributed by atoms with Gasteiger partial charge >= 0.3 is 12.8 Å². The fraction of sp³-hybridized carbons (Fsp3) is 0.136. The zero-order valence-corrected chi connectivity index (χ0v) is 16.7. The van der Waals surface area contributed by atoms with Crippen LogP contribution in [0.15, 0.2) is 67.1 Å². The minimum atomic E-state index is -4.40. The number of nitrogens with one attached hydrogen (secondary N) is 1. The van der Waals surface area contributed by atoms with Gasteiger partial charge in [0, 0.05) is 28.9 Å². The number of hydrogen-bond donors (Lipinski definition) is 1. The van der Waals surface area contributed by atoms with Crippen LogP contribution in [0, 0.1) is 0 Å². The highest BCUT2D eigenvalue weighted by Gasteiger charge is 2.28. The van der Waals surface area contributed by atoms with Crippen LogP contribution in [-0.4, -0.2) is 33.5 Å². The number of rotatable bonds is 6. The molecule has 6 nitrogen and oxygen atoms in total. The average molecular weight is 462 g/mol. The molecule has 2 aromatic carbocycles. The maximum absolute atomic E-state index is 12.6. The van der Waals surface area contributed by atoms with Crippen molar-refractivity contribution in [3.8, 4) is 16.9 Å². The topological polar surface area (TPSA) is 69.0 Å². The monoisotopic (exact) mass is 462 g/mol. The standard InChI is InChI=1S/C22H15F5N4O2/c23-21(24)33-15-6-4-13(5-7-15)20(32)30-18-3-1-2-17-16(8-9-28-19(17)18)14-10-29-31(11-14)12-22(25,26)27/h1-11,21H,12H2,(H,30,32). The first-order valence-corrected chi connectivity index (χ1v) is 9.53. The molecule has 170 valence electrons. The molecular weight excluding hydrogens is 447 g/mol. The Morgan fingerprint density at radius 2 is 1.85 bits per heavy atom. The molecule has 1 N–H and O–H groups in total. The molecule has 0 fully saturated rings. The first kappa shape index (κ1) is 22.2. The lowest BCUT2D eigenvalue weighted by atomic mass is 10.0. The molecule has 0 radical (unpaired) electrons. The molecule has 0 saturated heterocycles. The Balaban J connectivity index is 1.61. The lowest BCUT2D eigenvalue weighted by molar-refractivity contribution is -0.142. The van der Waals surface area contributed by atoms with Crippen molar-refractivity contribution in [3.63, 3.8) is 0 Å². The normalized spacial score (nSPS) is 11.7. The van der Waals surface area contributed by atoms with E-state index in [4.69, 9.17) is 0 Å². The molecule has 33 heavy (non-hydrogen) atoms. The summed E-state index contributed by atoms with van der Waals surface area (Å²) >= 11 is 0. The lowest BCUT2D eigenvalue weighted by Crippen LogP contribution is -2.17. The van der Waals surface area contributed by atoms with Crippen LogP contribution in [-0.2, 0) is 6.54 Å². The molecule has 11 heteroatoms. The summed E-state index contributed by atoms with van der Waals surface area (Å²) in [4.78, 5) is 16.9. The number of pyridine rings is 1. The molecule has 0 bridgehead atoms. The average Bonchev–Trinajstić information content (AvgIpc) is 3.20. The van der Waals surface area contributed by atoms with Gasteiger partial charge in [-0.1, -0.05) is 12.1 Å². The van der Waals surface area contributed by atoms with Crippen molar-refractivity contribution in [1.29, 1.82) is 0 Å². The van der Waals surface area contributed by atoms with Crippen LogP contribution in [0.1, 0.15) is 10.4 Å². The van der Waals surface area contributed by atoms with E-state index < -0.39 is 25.2 Å². The number of anilines is 1. The Morgan fingerprint density at radius 1 is 1.09 bits per heavy atom. The van der Waals surface area contributed by atoms with E-state index >= 15 is 0 Å². The maximum Gasteiger partial charge on any atom is 0.408 e. The Bertz CT molecular complexity index is 1290. The molecule has 2 heterocycles. The zero-order chi connectivity index (χ0) is 23.6. The third kappa shape index (κ3) is 5.25. The summed E-state index contributed by atoms with van der Waals surface area (Å²) in [6.45, 7) is -4.18. The van der Waals surface area contributed by atoms with E-state index in [2.05, 4.69) is 20.1 Å². The minimum Gasteiger partial charge on any atom is -0.435 e. The first-order chi connectivity index (χ1) is 15.7. The second kappa shape index (κ2) is 8.85. The Morgan fingerprint density at radius 3 is 2.55 bits per heavy atom. The SMILES string of the molecule is O=C(Nc1cccc2c(-c3cnn(CC(F)(F)F)c3)ccnc12)c1ccc(OC(F)F)cc1.